The van der Waals surface area contributed by atoms with E-state index in [9.17, 15) is 0 Å². The van der Waals surface area contributed by atoms with Gasteiger partial charge < -0.3 is 0 Å². The molecule has 0 fully saturated rings. The van der Waals surface area contributed by atoms with E-state index in [1.165, 1.54) is 5.57 Å². The highest BCUT2D eigenvalue weighted by Crippen LogP contribution is 2.21. The minimum atomic E-state index is 0.189. The molecule has 0 aliphatic carbocycles. The summed E-state index contributed by atoms with van der Waals surface area (Å²) in [6, 6.07) is 0. The van der Waals surface area contributed by atoms with E-state index in [2.05, 4.69) is 36.7 Å². The van der Waals surface area contributed by atoms with Crippen LogP contribution in [0.15, 0.2) is 16.5 Å². The van der Waals surface area contributed by atoms with Crippen LogP contribution in [-0.2, 0) is 0 Å². The fourth-order valence-electron chi connectivity index (χ4n) is 0.438. The SMILES string of the molecule is CC(C)=C=C([Si])C(C)(C)C. The van der Waals surface area contributed by atoms with Gasteiger partial charge in [0.2, 0.25) is 0 Å². The van der Waals surface area contributed by atoms with Crippen LogP contribution in [0, 0.1) is 5.41 Å². The third kappa shape index (κ3) is 3.70. The van der Waals surface area contributed by atoms with E-state index >= 15 is 0 Å². The summed E-state index contributed by atoms with van der Waals surface area (Å²) in [5, 5.41) is 1.13. The van der Waals surface area contributed by atoms with Crippen molar-refractivity contribution in [3.05, 3.63) is 16.5 Å². The van der Waals surface area contributed by atoms with Gasteiger partial charge in [0, 0.05) is 0 Å². The van der Waals surface area contributed by atoms with Crippen LogP contribution >= 0.6 is 0 Å². The first kappa shape index (κ1) is 9.74. The maximum absolute atomic E-state index is 3.53. The van der Waals surface area contributed by atoms with Crippen LogP contribution in [0.5, 0.6) is 0 Å². The zero-order chi connectivity index (χ0) is 8.36. The number of rotatable bonds is 0. The second kappa shape index (κ2) is 3.22. The van der Waals surface area contributed by atoms with Gasteiger partial charge in [-0.3, -0.25) is 0 Å². The van der Waals surface area contributed by atoms with Gasteiger partial charge in [-0.15, -0.1) is 5.73 Å². The van der Waals surface area contributed by atoms with Crippen molar-refractivity contribution in [1.82, 2.24) is 0 Å². The highest BCUT2D eigenvalue weighted by molar-refractivity contribution is 6.22. The zero-order valence-corrected chi connectivity index (χ0v) is 8.50. The van der Waals surface area contributed by atoms with Gasteiger partial charge in [-0.1, -0.05) is 20.8 Å². The molecule has 0 bridgehead atoms. The average molecular weight is 151 g/mol. The van der Waals surface area contributed by atoms with Gasteiger partial charge in [-0.05, 0) is 30.0 Å². The molecule has 0 rings (SSSR count). The number of hydrogen-bond donors (Lipinski definition) is 0. The minimum Gasteiger partial charge on any atom is -0.128 e. The fourth-order valence-corrected chi connectivity index (χ4v) is 0.688. The Kier molecular flexibility index (Phi) is 3.14. The Morgan fingerprint density at radius 1 is 1.20 bits per heavy atom. The van der Waals surface area contributed by atoms with Gasteiger partial charge in [0.25, 0.3) is 0 Å². The molecule has 0 aromatic rings. The van der Waals surface area contributed by atoms with Crippen LogP contribution in [0.25, 0.3) is 0 Å². The third-order valence-corrected chi connectivity index (χ3v) is 2.00. The predicted molar refractivity (Wildman–Crippen MR) is 47.1 cm³/mol. The number of hydrogen-bond acceptors (Lipinski definition) is 0. The average Bonchev–Trinajstić information content (AvgIpc) is 1.60. The zero-order valence-electron chi connectivity index (χ0n) is 7.50. The maximum atomic E-state index is 3.53. The first-order valence-corrected chi connectivity index (χ1v) is 4.00. The summed E-state index contributed by atoms with van der Waals surface area (Å²) in [6.45, 7) is 10.6. The lowest BCUT2D eigenvalue weighted by molar-refractivity contribution is 0.531. The van der Waals surface area contributed by atoms with Crippen molar-refractivity contribution in [2.75, 3.05) is 0 Å². The van der Waals surface area contributed by atoms with Gasteiger partial charge in [-0.25, -0.2) is 0 Å². The Morgan fingerprint density at radius 3 is 1.70 bits per heavy atom. The molecule has 0 aromatic carbocycles. The highest BCUT2D eigenvalue weighted by atomic mass is 28.1. The van der Waals surface area contributed by atoms with Gasteiger partial charge in [0.15, 0.2) is 0 Å². The summed E-state index contributed by atoms with van der Waals surface area (Å²) in [5.74, 6) is 0. The maximum Gasteiger partial charge on any atom is 0.0775 e. The van der Waals surface area contributed by atoms with E-state index in [1.54, 1.807) is 0 Å². The van der Waals surface area contributed by atoms with Crippen LogP contribution < -0.4 is 0 Å². The van der Waals surface area contributed by atoms with Crippen molar-refractivity contribution in [3.63, 3.8) is 0 Å². The first-order valence-electron chi connectivity index (χ1n) is 3.50. The predicted octanol–water partition coefficient (Wildman–Crippen LogP) is 2.65. The Balaban J connectivity index is 4.69. The summed E-state index contributed by atoms with van der Waals surface area (Å²) < 4.78 is 0. The van der Waals surface area contributed by atoms with Crippen LogP contribution in [0.3, 0.4) is 0 Å². The van der Waals surface area contributed by atoms with Crippen molar-refractivity contribution in [1.29, 1.82) is 0 Å². The second-order valence-corrected chi connectivity index (χ2v) is 4.25. The molecule has 55 valence electrons. The standard InChI is InChI=1S/C9H15Si/c1-7(2)6-8(10)9(3,4)5/h1-5H3. The molecule has 0 heterocycles. The van der Waals surface area contributed by atoms with E-state index in [4.69, 9.17) is 0 Å². The molecule has 0 nitrogen and oxygen atoms in total. The Bertz CT molecular complexity index is 171. The van der Waals surface area contributed by atoms with E-state index in [1.807, 2.05) is 13.8 Å². The highest BCUT2D eigenvalue weighted by Gasteiger charge is 2.11. The quantitative estimate of drug-likeness (QED) is 0.369. The van der Waals surface area contributed by atoms with E-state index in [-0.39, 0.29) is 5.41 Å². The van der Waals surface area contributed by atoms with E-state index < -0.39 is 0 Å². The summed E-state index contributed by atoms with van der Waals surface area (Å²) in [7, 11) is 3.53. The summed E-state index contributed by atoms with van der Waals surface area (Å²) in [4.78, 5) is 0. The smallest absolute Gasteiger partial charge is 0.0775 e. The summed E-state index contributed by atoms with van der Waals surface area (Å²) >= 11 is 0. The second-order valence-electron chi connectivity index (χ2n) is 3.75. The lowest BCUT2D eigenvalue weighted by Crippen LogP contribution is -2.08. The van der Waals surface area contributed by atoms with Crippen LogP contribution in [-0.4, -0.2) is 10.2 Å². The van der Waals surface area contributed by atoms with Crippen molar-refractivity contribution in [2.45, 2.75) is 34.6 Å². The molecular weight excluding hydrogens is 136 g/mol. The Labute approximate surface area is 67.5 Å². The monoisotopic (exact) mass is 151 g/mol. The lowest BCUT2D eigenvalue weighted by atomic mass is 9.96. The molecule has 0 unspecified atom stereocenters. The molecule has 0 aliphatic heterocycles. The fraction of sp³-hybridized carbons (Fsp3) is 0.667. The molecule has 0 aliphatic rings. The third-order valence-electron chi connectivity index (χ3n) is 1.12. The lowest BCUT2D eigenvalue weighted by Gasteiger charge is -2.17. The topological polar surface area (TPSA) is 0 Å². The van der Waals surface area contributed by atoms with Crippen molar-refractivity contribution < 1.29 is 0 Å². The minimum absolute atomic E-state index is 0.189. The van der Waals surface area contributed by atoms with E-state index in [0.29, 0.717) is 0 Å². The molecule has 0 atom stereocenters. The first-order chi connectivity index (χ1) is 4.34. The molecule has 0 aromatic heterocycles. The summed E-state index contributed by atoms with van der Waals surface area (Å²) in [6.07, 6.45) is 0. The van der Waals surface area contributed by atoms with E-state index in [0.717, 1.165) is 5.20 Å². The molecule has 3 radical (unpaired) electrons. The molecule has 0 saturated heterocycles. The molecular formula is C9H15Si. The normalized spacial score (nSPS) is 10.6. The van der Waals surface area contributed by atoms with Crippen LogP contribution in [0.4, 0.5) is 0 Å². The molecule has 10 heavy (non-hydrogen) atoms. The van der Waals surface area contributed by atoms with Gasteiger partial charge in [0.05, 0.1) is 10.2 Å². The van der Waals surface area contributed by atoms with Crippen LogP contribution in [0.2, 0.25) is 0 Å². The van der Waals surface area contributed by atoms with Crippen molar-refractivity contribution in [3.8, 4) is 0 Å². The molecule has 0 saturated carbocycles. The van der Waals surface area contributed by atoms with Crippen molar-refractivity contribution >= 4 is 10.2 Å². The molecule has 0 N–H and O–H groups in total. The Hall–Kier alpha value is -0.263. The molecule has 0 spiro atoms. The van der Waals surface area contributed by atoms with Gasteiger partial charge in [0.1, 0.15) is 0 Å². The Morgan fingerprint density at radius 2 is 1.60 bits per heavy atom. The van der Waals surface area contributed by atoms with Crippen molar-refractivity contribution in [2.24, 2.45) is 5.41 Å². The largest absolute Gasteiger partial charge is 0.128 e. The van der Waals surface area contributed by atoms with Crippen LogP contribution in [0.1, 0.15) is 34.6 Å². The van der Waals surface area contributed by atoms with Gasteiger partial charge >= 0.3 is 0 Å². The number of allylic oxidation sites excluding steroid dienone is 1. The molecule has 0 amide bonds. The molecule has 1 heteroatoms. The summed E-state index contributed by atoms with van der Waals surface area (Å²) in [5.41, 5.74) is 4.63. The van der Waals surface area contributed by atoms with Gasteiger partial charge in [-0.2, -0.15) is 0 Å².